The molecule has 0 bridgehead atoms. The van der Waals surface area contributed by atoms with Crippen LogP contribution in [-0.2, 0) is 15.9 Å². The fourth-order valence-electron chi connectivity index (χ4n) is 1.82. The Morgan fingerprint density at radius 2 is 1.79 bits per heavy atom. The average molecular weight is 268 g/mol. The van der Waals surface area contributed by atoms with Gasteiger partial charge >= 0.3 is 0 Å². The number of hydrogen-bond acceptors (Lipinski definition) is 4. The predicted molar refractivity (Wildman–Crippen MR) is 74.4 cm³/mol. The van der Waals surface area contributed by atoms with E-state index in [1.165, 1.54) is 0 Å². The highest BCUT2D eigenvalue weighted by Crippen LogP contribution is 2.18. The number of aliphatic hydroxyl groups excluding tert-OH is 1. The Kier molecular flexibility index (Phi) is 8.21. The van der Waals surface area contributed by atoms with Crippen LogP contribution in [0.2, 0.25) is 0 Å². The van der Waals surface area contributed by atoms with Gasteiger partial charge in [0.05, 0.1) is 6.61 Å². The van der Waals surface area contributed by atoms with Gasteiger partial charge in [0.1, 0.15) is 5.75 Å². The van der Waals surface area contributed by atoms with E-state index >= 15 is 0 Å². The van der Waals surface area contributed by atoms with Crippen molar-refractivity contribution in [2.75, 3.05) is 26.4 Å². The Hall–Kier alpha value is -1.10. The summed E-state index contributed by atoms with van der Waals surface area (Å²) in [6.07, 6.45) is 1.09. The maximum Gasteiger partial charge on any atom is 0.160 e. The van der Waals surface area contributed by atoms with Gasteiger partial charge in [0.25, 0.3) is 0 Å². The zero-order valence-corrected chi connectivity index (χ0v) is 11.8. The van der Waals surface area contributed by atoms with Crippen molar-refractivity contribution in [3.8, 4) is 5.75 Å². The van der Waals surface area contributed by atoms with E-state index in [1.54, 1.807) is 0 Å². The summed E-state index contributed by atoms with van der Waals surface area (Å²) in [6.45, 7) is 5.82. The van der Waals surface area contributed by atoms with Crippen LogP contribution in [0.1, 0.15) is 25.8 Å². The molecule has 0 saturated heterocycles. The van der Waals surface area contributed by atoms with E-state index in [1.807, 2.05) is 38.1 Å². The monoisotopic (exact) mass is 268 g/mol. The van der Waals surface area contributed by atoms with Crippen molar-refractivity contribution in [3.05, 3.63) is 29.8 Å². The molecule has 0 fully saturated rings. The topological polar surface area (TPSA) is 47.9 Å². The lowest BCUT2D eigenvalue weighted by Crippen LogP contribution is -2.20. The highest BCUT2D eigenvalue weighted by molar-refractivity contribution is 5.33. The normalized spacial score (nSPS) is 10.9. The molecule has 0 atom stereocenters. The summed E-state index contributed by atoms with van der Waals surface area (Å²) in [5.41, 5.74) is 1.02. The molecule has 0 aliphatic rings. The molecule has 1 N–H and O–H groups in total. The molecular formula is C15H24O4. The molecule has 1 rings (SSSR count). The fourth-order valence-corrected chi connectivity index (χ4v) is 1.82. The third-order valence-corrected chi connectivity index (χ3v) is 2.67. The molecule has 0 amide bonds. The van der Waals surface area contributed by atoms with Crippen molar-refractivity contribution in [1.29, 1.82) is 0 Å². The van der Waals surface area contributed by atoms with Crippen LogP contribution in [0.5, 0.6) is 5.75 Å². The molecule has 108 valence electrons. The number of rotatable bonds is 10. The predicted octanol–water partition coefficient (Wildman–Crippen LogP) is 2.39. The molecule has 0 spiro atoms. The fraction of sp³-hybridized carbons (Fsp3) is 0.600. The smallest absolute Gasteiger partial charge is 0.160 e. The van der Waals surface area contributed by atoms with E-state index in [2.05, 4.69) is 0 Å². The first-order valence-corrected chi connectivity index (χ1v) is 6.86. The molecule has 0 aliphatic carbocycles. The van der Waals surface area contributed by atoms with E-state index in [9.17, 15) is 0 Å². The van der Waals surface area contributed by atoms with Gasteiger partial charge in [-0.05, 0) is 31.9 Å². The van der Waals surface area contributed by atoms with Crippen molar-refractivity contribution in [2.24, 2.45) is 0 Å². The van der Waals surface area contributed by atoms with Crippen LogP contribution < -0.4 is 4.74 Å². The highest BCUT2D eigenvalue weighted by atomic mass is 16.7. The Labute approximate surface area is 115 Å². The minimum absolute atomic E-state index is 0.126. The third kappa shape index (κ3) is 6.05. The molecule has 0 radical (unpaired) electrons. The zero-order chi connectivity index (χ0) is 13.9. The second-order valence-corrected chi connectivity index (χ2v) is 4.06. The summed E-state index contributed by atoms with van der Waals surface area (Å²) in [7, 11) is 0. The first kappa shape index (κ1) is 16.0. The van der Waals surface area contributed by atoms with Gasteiger partial charge in [-0.25, -0.2) is 0 Å². The summed E-state index contributed by atoms with van der Waals surface area (Å²) in [5, 5.41) is 9.00. The van der Waals surface area contributed by atoms with Gasteiger partial charge in [-0.1, -0.05) is 18.2 Å². The zero-order valence-electron chi connectivity index (χ0n) is 11.8. The van der Waals surface area contributed by atoms with Crippen molar-refractivity contribution in [1.82, 2.24) is 0 Å². The van der Waals surface area contributed by atoms with E-state index in [0.717, 1.165) is 11.3 Å². The van der Waals surface area contributed by atoms with Crippen LogP contribution in [-0.4, -0.2) is 37.8 Å². The van der Waals surface area contributed by atoms with Gasteiger partial charge in [-0.2, -0.15) is 0 Å². The van der Waals surface area contributed by atoms with Gasteiger partial charge < -0.3 is 19.3 Å². The van der Waals surface area contributed by atoms with E-state index in [4.69, 9.17) is 19.3 Å². The minimum atomic E-state index is -0.208. The van der Waals surface area contributed by atoms with Crippen molar-refractivity contribution in [2.45, 2.75) is 33.0 Å². The molecule has 0 saturated carbocycles. The molecular weight excluding hydrogens is 244 g/mol. The SMILES string of the molecule is CCOC(CCOc1ccccc1CCO)OCC. The first-order chi connectivity index (χ1) is 9.31. The Bertz CT molecular complexity index is 335. The van der Waals surface area contributed by atoms with Crippen molar-refractivity contribution in [3.63, 3.8) is 0 Å². The Morgan fingerprint density at radius 3 is 2.42 bits per heavy atom. The minimum Gasteiger partial charge on any atom is -0.493 e. The van der Waals surface area contributed by atoms with Gasteiger partial charge in [0, 0.05) is 26.2 Å². The maximum atomic E-state index is 9.00. The largest absolute Gasteiger partial charge is 0.493 e. The second kappa shape index (κ2) is 9.78. The van der Waals surface area contributed by atoms with Crippen LogP contribution in [0.15, 0.2) is 24.3 Å². The highest BCUT2D eigenvalue weighted by Gasteiger charge is 2.09. The number of hydrogen-bond donors (Lipinski definition) is 1. The summed E-state index contributed by atoms with van der Waals surface area (Å²) in [6, 6.07) is 7.76. The summed E-state index contributed by atoms with van der Waals surface area (Å²) >= 11 is 0. The molecule has 4 heteroatoms. The average Bonchev–Trinajstić information content (AvgIpc) is 2.41. The number of benzene rings is 1. The van der Waals surface area contributed by atoms with Crippen LogP contribution in [0.25, 0.3) is 0 Å². The van der Waals surface area contributed by atoms with Gasteiger partial charge in [-0.15, -0.1) is 0 Å². The van der Waals surface area contributed by atoms with E-state index in [0.29, 0.717) is 32.7 Å². The number of ether oxygens (including phenoxy) is 3. The summed E-state index contributed by atoms with van der Waals surface area (Å²) < 4.78 is 16.7. The van der Waals surface area contributed by atoms with E-state index in [-0.39, 0.29) is 12.9 Å². The van der Waals surface area contributed by atoms with Crippen LogP contribution in [0.3, 0.4) is 0 Å². The molecule has 1 aromatic carbocycles. The van der Waals surface area contributed by atoms with Gasteiger partial charge in [0.15, 0.2) is 6.29 Å². The third-order valence-electron chi connectivity index (χ3n) is 2.67. The van der Waals surface area contributed by atoms with Crippen molar-refractivity contribution >= 4 is 0 Å². The lowest BCUT2D eigenvalue weighted by atomic mass is 10.1. The summed E-state index contributed by atoms with van der Waals surface area (Å²) in [5.74, 6) is 0.822. The number of para-hydroxylation sites is 1. The van der Waals surface area contributed by atoms with Crippen LogP contribution in [0, 0.1) is 0 Å². The number of aliphatic hydroxyl groups is 1. The quantitative estimate of drug-likeness (QED) is 0.662. The van der Waals surface area contributed by atoms with Crippen LogP contribution >= 0.6 is 0 Å². The molecule has 1 aromatic rings. The van der Waals surface area contributed by atoms with Gasteiger partial charge in [-0.3, -0.25) is 0 Å². The maximum absolute atomic E-state index is 9.00. The molecule has 0 aromatic heterocycles. The lowest BCUT2D eigenvalue weighted by Gasteiger charge is -2.17. The second-order valence-electron chi connectivity index (χ2n) is 4.06. The lowest BCUT2D eigenvalue weighted by molar-refractivity contribution is -0.142. The molecule has 0 unspecified atom stereocenters. The molecule has 4 nitrogen and oxygen atoms in total. The Morgan fingerprint density at radius 1 is 1.11 bits per heavy atom. The van der Waals surface area contributed by atoms with Gasteiger partial charge in [0.2, 0.25) is 0 Å². The first-order valence-electron chi connectivity index (χ1n) is 6.86. The van der Waals surface area contributed by atoms with Crippen LogP contribution in [0.4, 0.5) is 0 Å². The molecule has 0 heterocycles. The Balaban J connectivity index is 2.42. The summed E-state index contributed by atoms with van der Waals surface area (Å²) in [4.78, 5) is 0. The standard InChI is InChI=1S/C15H24O4/c1-3-17-15(18-4-2)10-12-19-14-8-6-5-7-13(14)9-11-16/h5-8,15-16H,3-4,9-12H2,1-2H3. The van der Waals surface area contributed by atoms with E-state index < -0.39 is 0 Å². The molecule has 0 aliphatic heterocycles. The van der Waals surface area contributed by atoms with Crippen molar-refractivity contribution < 1.29 is 19.3 Å². The molecule has 19 heavy (non-hydrogen) atoms.